The Morgan fingerprint density at radius 3 is 2.18 bits per heavy atom. The van der Waals surface area contributed by atoms with E-state index in [1.807, 2.05) is 37.3 Å². The van der Waals surface area contributed by atoms with Crippen molar-refractivity contribution < 1.29 is 19.5 Å². The van der Waals surface area contributed by atoms with Gasteiger partial charge in [-0.05, 0) is 62.8 Å². The van der Waals surface area contributed by atoms with Crippen molar-refractivity contribution in [3.8, 4) is 0 Å². The Hall–Kier alpha value is -4.01. The Labute approximate surface area is 267 Å². The van der Waals surface area contributed by atoms with Crippen LogP contribution in [0.25, 0.3) is 10.8 Å². The highest BCUT2D eigenvalue weighted by Crippen LogP contribution is 2.34. The molecule has 3 amide bonds. The lowest BCUT2D eigenvalue weighted by Gasteiger charge is -2.38. The molecule has 1 saturated heterocycles. The van der Waals surface area contributed by atoms with E-state index in [9.17, 15) is 19.5 Å². The molecule has 0 spiro atoms. The van der Waals surface area contributed by atoms with Gasteiger partial charge in [0.05, 0.1) is 6.10 Å². The van der Waals surface area contributed by atoms with Gasteiger partial charge in [-0.3, -0.25) is 14.4 Å². The van der Waals surface area contributed by atoms with Crippen molar-refractivity contribution in [1.82, 2.24) is 14.7 Å². The average Bonchev–Trinajstić information content (AvgIpc) is 3.02. The molecule has 5 rings (SSSR count). The molecule has 2 fully saturated rings. The number of aliphatic hydroxyl groups excluding tert-OH is 1. The van der Waals surface area contributed by atoms with E-state index < -0.39 is 18.2 Å². The number of rotatable bonds is 7. The van der Waals surface area contributed by atoms with E-state index in [0.717, 1.165) is 11.1 Å². The molecule has 3 N–H and O–H groups in total. The van der Waals surface area contributed by atoms with Gasteiger partial charge in [0.15, 0.2) is 0 Å². The summed E-state index contributed by atoms with van der Waals surface area (Å²) in [4.78, 5) is 44.3. The van der Waals surface area contributed by atoms with Crippen LogP contribution in [0.2, 0.25) is 0 Å². The van der Waals surface area contributed by atoms with Gasteiger partial charge < -0.3 is 25.5 Å². The Morgan fingerprint density at radius 1 is 0.956 bits per heavy atom. The number of fused-ring (bicyclic) bond motifs is 1. The topological polar surface area (TPSA) is 107 Å². The second-order valence-corrected chi connectivity index (χ2v) is 13.0. The molecular formula is C37H48N4O4. The number of piperidine rings is 1. The van der Waals surface area contributed by atoms with Gasteiger partial charge in [-0.15, -0.1) is 0 Å². The fraction of sp³-hybridized carbons (Fsp3) is 0.432. The molecule has 0 radical (unpaired) electrons. The maximum absolute atomic E-state index is 13.5. The Morgan fingerprint density at radius 2 is 1.56 bits per heavy atom. The molecule has 0 bridgehead atoms. The lowest BCUT2D eigenvalue weighted by molar-refractivity contribution is -0.149. The van der Waals surface area contributed by atoms with E-state index >= 15 is 0 Å². The average molecular weight is 613 g/mol. The number of nitrogens with zero attached hydrogens (tertiary/aromatic N) is 3. The van der Waals surface area contributed by atoms with Crippen molar-refractivity contribution in [2.24, 2.45) is 5.73 Å². The summed E-state index contributed by atoms with van der Waals surface area (Å²) in [6, 6.07) is 23.1. The van der Waals surface area contributed by atoms with Gasteiger partial charge in [0, 0.05) is 45.2 Å². The monoisotopic (exact) mass is 612 g/mol. The van der Waals surface area contributed by atoms with Crippen molar-refractivity contribution in [3.05, 3.63) is 95.6 Å². The molecule has 2 atom stereocenters. The number of aliphatic hydroxyl groups is 1. The quantitative estimate of drug-likeness (QED) is 0.383. The van der Waals surface area contributed by atoms with E-state index in [1.165, 1.54) is 26.1 Å². The maximum atomic E-state index is 13.5. The van der Waals surface area contributed by atoms with Crippen LogP contribution in [-0.2, 0) is 20.8 Å². The van der Waals surface area contributed by atoms with Crippen LogP contribution in [0, 0.1) is 6.92 Å². The second kappa shape index (κ2) is 14.8. The lowest BCUT2D eigenvalue weighted by Crippen LogP contribution is -2.56. The number of nitrogens with two attached hydrogens (primary N) is 1. The fourth-order valence-electron chi connectivity index (χ4n) is 6.00. The van der Waals surface area contributed by atoms with Crippen molar-refractivity contribution in [3.63, 3.8) is 0 Å². The summed E-state index contributed by atoms with van der Waals surface area (Å²) in [5, 5.41) is 12.5. The molecule has 1 aliphatic carbocycles. The van der Waals surface area contributed by atoms with E-state index in [0.29, 0.717) is 45.2 Å². The summed E-state index contributed by atoms with van der Waals surface area (Å²) in [6.45, 7) is 6.69. The predicted octanol–water partition coefficient (Wildman–Crippen LogP) is 4.47. The number of carbonyl (C=O) groups excluding carboxylic acids is 3. The molecule has 2 aliphatic rings. The molecule has 1 heterocycles. The highest BCUT2D eigenvalue weighted by Gasteiger charge is 2.36. The Kier molecular flexibility index (Phi) is 11.2. The first-order valence-corrected chi connectivity index (χ1v) is 15.8. The van der Waals surface area contributed by atoms with Gasteiger partial charge in [-0.25, -0.2) is 0 Å². The van der Waals surface area contributed by atoms with Crippen molar-refractivity contribution in [2.45, 2.75) is 76.6 Å². The summed E-state index contributed by atoms with van der Waals surface area (Å²) in [5.41, 5.74) is 9.03. The molecule has 3 aromatic carbocycles. The largest absolute Gasteiger partial charge is 0.393 e. The van der Waals surface area contributed by atoms with E-state index in [1.54, 1.807) is 32.0 Å². The number of likely N-dealkylation sites (N-methyl/N-ethyl adjacent to an activating group) is 2. The second-order valence-electron chi connectivity index (χ2n) is 13.0. The predicted molar refractivity (Wildman–Crippen MR) is 179 cm³/mol. The summed E-state index contributed by atoms with van der Waals surface area (Å²) >= 11 is 0. The smallest absolute Gasteiger partial charge is 0.246 e. The third kappa shape index (κ3) is 9.02. The normalized spacial score (nSPS) is 19.4. The van der Waals surface area contributed by atoms with Gasteiger partial charge in [0.2, 0.25) is 17.7 Å². The van der Waals surface area contributed by atoms with Gasteiger partial charge >= 0.3 is 0 Å². The zero-order chi connectivity index (χ0) is 32.7. The lowest BCUT2D eigenvalue weighted by atomic mass is 9.75. The van der Waals surface area contributed by atoms with Crippen LogP contribution < -0.4 is 5.73 Å². The van der Waals surface area contributed by atoms with Crippen molar-refractivity contribution in [2.75, 3.05) is 27.2 Å². The number of amides is 3. The molecule has 45 heavy (non-hydrogen) atoms. The Balaban J connectivity index is 0.000000348. The minimum atomic E-state index is -0.729. The standard InChI is InChI=1S/C26H38N4O4.C11H10/c1-18(28(3)23(32)15-20-16-26(2,27)17-20)24(33)29(4)22(14-19-8-6-5-7-9-19)25(34)30-12-10-21(31)11-13-30;1-9-6-7-10-4-2-3-5-11(10)8-9/h5-9,15,18,21-22,31H,10-14,16-17,27H2,1-4H3;2-8H,1H3/t18-,22?,26?;/m1./s1. The minimum absolute atomic E-state index is 0.133. The summed E-state index contributed by atoms with van der Waals surface area (Å²) in [6.07, 6.45) is 3.98. The van der Waals surface area contributed by atoms with Gasteiger partial charge in [0.25, 0.3) is 0 Å². The SMILES string of the molecule is C[C@H](C(=O)N(C)C(Cc1ccccc1)C(=O)N1CCC(O)CC1)N(C)C(=O)C=C1CC(C)(N)C1.Cc1ccc2ccccc2c1. The molecule has 3 aromatic rings. The van der Waals surface area contributed by atoms with E-state index in [2.05, 4.69) is 49.4 Å². The highest BCUT2D eigenvalue weighted by atomic mass is 16.3. The fourth-order valence-corrected chi connectivity index (χ4v) is 6.00. The molecule has 8 heteroatoms. The minimum Gasteiger partial charge on any atom is -0.393 e. The number of hydrogen-bond donors (Lipinski definition) is 2. The molecule has 1 unspecified atom stereocenters. The van der Waals surface area contributed by atoms with Crippen LogP contribution in [0.4, 0.5) is 0 Å². The third-order valence-corrected chi connectivity index (χ3v) is 8.93. The summed E-state index contributed by atoms with van der Waals surface area (Å²) in [7, 11) is 3.24. The number of aryl methyl sites for hydroxylation is 1. The first kappa shape index (κ1) is 33.9. The van der Waals surface area contributed by atoms with Crippen LogP contribution in [0.5, 0.6) is 0 Å². The van der Waals surface area contributed by atoms with Gasteiger partial charge in [0.1, 0.15) is 12.1 Å². The number of benzene rings is 3. The van der Waals surface area contributed by atoms with Gasteiger partial charge in [-0.2, -0.15) is 0 Å². The number of hydrogen-bond acceptors (Lipinski definition) is 5. The third-order valence-electron chi connectivity index (χ3n) is 8.93. The molecule has 8 nitrogen and oxygen atoms in total. The van der Waals surface area contributed by atoms with Crippen LogP contribution in [0.15, 0.2) is 84.4 Å². The van der Waals surface area contributed by atoms with Crippen molar-refractivity contribution in [1.29, 1.82) is 0 Å². The van der Waals surface area contributed by atoms with Gasteiger partial charge in [-0.1, -0.05) is 83.9 Å². The number of likely N-dealkylation sites (tertiary alicyclic amines) is 1. The summed E-state index contributed by atoms with van der Waals surface area (Å²) < 4.78 is 0. The first-order chi connectivity index (χ1) is 21.3. The Bertz CT molecular complexity index is 1500. The van der Waals surface area contributed by atoms with Crippen LogP contribution in [0.1, 0.15) is 50.7 Å². The number of carbonyl (C=O) groups is 3. The van der Waals surface area contributed by atoms with E-state index in [4.69, 9.17) is 5.73 Å². The summed E-state index contributed by atoms with van der Waals surface area (Å²) in [5.74, 6) is -0.667. The van der Waals surface area contributed by atoms with Crippen LogP contribution in [-0.4, -0.2) is 88.4 Å². The van der Waals surface area contributed by atoms with Crippen LogP contribution >= 0.6 is 0 Å². The van der Waals surface area contributed by atoms with Crippen LogP contribution in [0.3, 0.4) is 0 Å². The van der Waals surface area contributed by atoms with E-state index in [-0.39, 0.29) is 23.3 Å². The first-order valence-electron chi connectivity index (χ1n) is 15.8. The molecule has 1 aliphatic heterocycles. The molecule has 0 aromatic heterocycles. The molecular weight excluding hydrogens is 564 g/mol. The zero-order valence-corrected chi connectivity index (χ0v) is 27.3. The molecule has 240 valence electrons. The molecule has 1 saturated carbocycles. The highest BCUT2D eigenvalue weighted by molar-refractivity contribution is 5.95. The van der Waals surface area contributed by atoms with Crippen molar-refractivity contribution >= 4 is 28.5 Å². The maximum Gasteiger partial charge on any atom is 0.246 e. The zero-order valence-electron chi connectivity index (χ0n) is 27.3.